The summed E-state index contributed by atoms with van der Waals surface area (Å²) >= 11 is 6.52. The molecular formula is C26H27ClF3N3O4. The van der Waals surface area contributed by atoms with Crippen molar-refractivity contribution in [1.29, 1.82) is 0 Å². The van der Waals surface area contributed by atoms with E-state index >= 15 is 0 Å². The van der Waals surface area contributed by atoms with E-state index in [4.69, 9.17) is 21.1 Å². The molecule has 1 N–H and O–H groups in total. The lowest BCUT2D eigenvalue weighted by molar-refractivity contribution is -0.137. The van der Waals surface area contributed by atoms with Crippen LogP contribution in [0, 0.1) is 5.92 Å². The van der Waals surface area contributed by atoms with Gasteiger partial charge < -0.3 is 19.5 Å². The Morgan fingerprint density at radius 1 is 1.22 bits per heavy atom. The summed E-state index contributed by atoms with van der Waals surface area (Å²) in [5.41, 5.74) is 1.50. The fourth-order valence-electron chi connectivity index (χ4n) is 5.19. The summed E-state index contributed by atoms with van der Waals surface area (Å²) in [5.74, 6) is -0.765. The van der Waals surface area contributed by atoms with Gasteiger partial charge in [-0.25, -0.2) is 0 Å². The van der Waals surface area contributed by atoms with Crippen molar-refractivity contribution in [3.63, 3.8) is 0 Å². The largest absolute Gasteiger partial charge is 0.493 e. The molecule has 11 heteroatoms. The van der Waals surface area contributed by atoms with E-state index in [0.29, 0.717) is 23.1 Å². The number of carbonyl (C=O) groups is 1. The minimum atomic E-state index is -4.63. The molecule has 0 aliphatic carbocycles. The molecule has 0 saturated carbocycles. The first-order chi connectivity index (χ1) is 17.6. The van der Waals surface area contributed by atoms with Crippen LogP contribution in [0.1, 0.15) is 31.7 Å². The van der Waals surface area contributed by atoms with Crippen LogP contribution in [0.3, 0.4) is 0 Å². The van der Waals surface area contributed by atoms with E-state index in [-0.39, 0.29) is 6.10 Å². The van der Waals surface area contributed by atoms with Gasteiger partial charge in [0, 0.05) is 44.3 Å². The SMILES string of the molecule is C[C@@H]1C(C(F)(F)F)=NN(c2ccc(OC3CCN(c4cc5c(cc4Cl)CCO5)CC3)cc2)[C@H]1CC(=O)O. The van der Waals surface area contributed by atoms with Crippen LogP contribution in [0.15, 0.2) is 41.5 Å². The van der Waals surface area contributed by atoms with Gasteiger partial charge in [-0.05, 0) is 35.9 Å². The molecule has 0 radical (unpaired) electrons. The van der Waals surface area contributed by atoms with Gasteiger partial charge in [-0.2, -0.15) is 18.3 Å². The van der Waals surface area contributed by atoms with E-state index in [1.807, 2.05) is 12.1 Å². The van der Waals surface area contributed by atoms with Crippen LogP contribution < -0.4 is 19.4 Å². The lowest BCUT2D eigenvalue weighted by Crippen LogP contribution is -2.38. The number of hydrogen-bond donors (Lipinski definition) is 1. The summed E-state index contributed by atoms with van der Waals surface area (Å²) in [5, 5.41) is 14.9. The van der Waals surface area contributed by atoms with Crippen LogP contribution in [-0.2, 0) is 11.2 Å². The fourth-order valence-corrected chi connectivity index (χ4v) is 5.50. The number of hydrogen-bond acceptors (Lipinski definition) is 6. The van der Waals surface area contributed by atoms with Crippen molar-refractivity contribution in [3.8, 4) is 11.5 Å². The lowest BCUT2D eigenvalue weighted by atomic mass is 9.94. The van der Waals surface area contributed by atoms with Crippen LogP contribution in [0.2, 0.25) is 5.02 Å². The molecule has 2 aromatic carbocycles. The monoisotopic (exact) mass is 537 g/mol. The predicted octanol–water partition coefficient (Wildman–Crippen LogP) is 5.54. The van der Waals surface area contributed by atoms with Gasteiger partial charge in [0.1, 0.15) is 23.3 Å². The third-order valence-electron chi connectivity index (χ3n) is 7.16. The molecule has 37 heavy (non-hydrogen) atoms. The van der Waals surface area contributed by atoms with Crippen LogP contribution in [0.25, 0.3) is 0 Å². The normalized spacial score (nSPS) is 22.0. The zero-order valence-electron chi connectivity index (χ0n) is 20.2. The highest BCUT2D eigenvalue weighted by Crippen LogP contribution is 2.39. The number of rotatable bonds is 6. The van der Waals surface area contributed by atoms with E-state index in [0.717, 1.165) is 54.4 Å². The summed E-state index contributed by atoms with van der Waals surface area (Å²) in [7, 11) is 0. The number of alkyl halides is 3. The number of halogens is 4. The Morgan fingerprint density at radius 3 is 2.57 bits per heavy atom. The summed E-state index contributed by atoms with van der Waals surface area (Å²) in [6.45, 7) is 3.56. The van der Waals surface area contributed by atoms with Gasteiger partial charge in [0.2, 0.25) is 0 Å². The third kappa shape index (κ3) is 5.30. The molecule has 2 atom stereocenters. The maximum atomic E-state index is 13.4. The highest BCUT2D eigenvalue weighted by atomic mass is 35.5. The van der Waals surface area contributed by atoms with E-state index in [9.17, 15) is 23.1 Å². The Balaban J connectivity index is 1.22. The Hall–Kier alpha value is -3.14. The Morgan fingerprint density at radius 2 is 1.92 bits per heavy atom. The summed E-state index contributed by atoms with van der Waals surface area (Å²) in [6.07, 6.45) is -2.68. The second-order valence-corrected chi connectivity index (χ2v) is 10.00. The molecule has 0 unspecified atom stereocenters. The van der Waals surface area contributed by atoms with E-state index in [1.54, 1.807) is 24.3 Å². The smallest absolute Gasteiger partial charge is 0.431 e. The van der Waals surface area contributed by atoms with Crippen molar-refractivity contribution in [2.24, 2.45) is 11.0 Å². The number of ether oxygens (including phenoxy) is 2. The number of carboxylic acids is 1. The Bertz CT molecular complexity index is 1200. The lowest BCUT2D eigenvalue weighted by Gasteiger charge is -2.34. The molecule has 1 saturated heterocycles. The van der Waals surface area contributed by atoms with Gasteiger partial charge in [0.05, 0.1) is 35.5 Å². The van der Waals surface area contributed by atoms with E-state index in [1.165, 1.54) is 6.92 Å². The van der Waals surface area contributed by atoms with Crippen LogP contribution in [0.5, 0.6) is 11.5 Å². The maximum absolute atomic E-state index is 13.4. The average molecular weight is 538 g/mol. The minimum absolute atomic E-state index is 0.0204. The third-order valence-corrected chi connectivity index (χ3v) is 7.46. The molecule has 0 amide bonds. The highest BCUT2D eigenvalue weighted by Gasteiger charge is 2.48. The Kier molecular flexibility index (Phi) is 6.87. The number of nitrogens with zero attached hydrogens (tertiary/aromatic N) is 3. The van der Waals surface area contributed by atoms with Gasteiger partial charge in [0.15, 0.2) is 0 Å². The first-order valence-corrected chi connectivity index (χ1v) is 12.6. The number of hydrazone groups is 1. The van der Waals surface area contributed by atoms with Gasteiger partial charge in [-0.1, -0.05) is 18.5 Å². The average Bonchev–Trinajstić information content (AvgIpc) is 3.43. The summed E-state index contributed by atoms with van der Waals surface area (Å²) < 4.78 is 52.0. The quantitative estimate of drug-likeness (QED) is 0.521. The van der Waals surface area contributed by atoms with Crippen molar-refractivity contribution in [2.75, 3.05) is 29.6 Å². The molecule has 3 aliphatic rings. The molecule has 1 fully saturated rings. The zero-order valence-corrected chi connectivity index (χ0v) is 20.9. The van der Waals surface area contributed by atoms with Crippen LogP contribution in [0.4, 0.5) is 24.5 Å². The van der Waals surface area contributed by atoms with Gasteiger partial charge >= 0.3 is 12.1 Å². The first-order valence-electron chi connectivity index (χ1n) is 12.2. The van der Waals surface area contributed by atoms with Crippen molar-refractivity contribution in [1.82, 2.24) is 0 Å². The molecule has 5 rings (SSSR count). The predicted molar refractivity (Wildman–Crippen MR) is 134 cm³/mol. The summed E-state index contributed by atoms with van der Waals surface area (Å²) in [4.78, 5) is 13.5. The second kappa shape index (κ2) is 9.96. The van der Waals surface area contributed by atoms with Crippen molar-refractivity contribution in [2.45, 2.75) is 50.9 Å². The molecular weight excluding hydrogens is 511 g/mol. The molecule has 0 aromatic heterocycles. The fraction of sp³-hybridized carbons (Fsp3) is 0.462. The van der Waals surface area contributed by atoms with Crippen molar-refractivity contribution < 1.29 is 32.5 Å². The van der Waals surface area contributed by atoms with E-state index < -0.39 is 36.2 Å². The number of piperidine rings is 1. The molecule has 7 nitrogen and oxygen atoms in total. The van der Waals surface area contributed by atoms with Gasteiger partial charge in [-0.3, -0.25) is 9.80 Å². The Labute approximate surface area is 217 Å². The van der Waals surface area contributed by atoms with Crippen molar-refractivity contribution in [3.05, 3.63) is 47.0 Å². The topological polar surface area (TPSA) is 74.6 Å². The summed E-state index contributed by atoms with van der Waals surface area (Å²) in [6, 6.07) is 9.64. The van der Waals surface area contributed by atoms with Gasteiger partial charge in [0.25, 0.3) is 0 Å². The molecule has 3 heterocycles. The van der Waals surface area contributed by atoms with Crippen LogP contribution in [-0.4, -0.2) is 54.8 Å². The number of benzene rings is 2. The molecule has 0 spiro atoms. The zero-order chi connectivity index (χ0) is 26.3. The second-order valence-electron chi connectivity index (χ2n) is 9.59. The van der Waals surface area contributed by atoms with Crippen LogP contribution >= 0.6 is 11.6 Å². The first kappa shape index (κ1) is 25.5. The number of aliphatic carboxylic acids is 1. The van der Waals surface area contributed by atoms with E-state index in [2.05, 4.69) is 10.0 Å². The maximum Gasteiger partial charge on any atom is 0.431 e. The van der Waals surface area contributed by atoms with Gasteiger partial charge in [-0.15, -0.1) is 0 Å². The molecule has 0 bridgehead atoms. The van der Waals surface area contributed by atoms with Crippen molar-refractivity contribution >= 4 is 34.7 Å². The number of fused-ring (bicyclic) bond motifs is 1. The minimum Gasteiger partial charge on any atom is -0.493 e. The molecule has 3 aliphatic heterocycles. The standard InChI is InChI=1S/C26H27ClF3N3O4/c1-15-21(14-24(34)35)33(31-25(15)26(28,29)30)17-2-4-18(5-3-17)37-19-6-9-32(10-7-19)22-13-23-16(8-11-36-23)12-20(22)27/h2-5,12-13,15,19,21H,6-11,14H2,1H3,(H,34,35)/t15-,21-/m0/s1. The highest BCUT2D eigenvalue weighted by molar-refractivity contribution is 6.33. The number of anilines is 2. The molecule has 2 aromatic rings. The number of carboxylic acid groups (broad SMARTS) is 1. The molecule has 198 valence electrons.